The minimum atomic E-state index is -0.752. The second kappa shape index (κ2) is 7.14. The third-order valence-corrected chi connectivity index (χ3v) is 3.16. The first-order valence-corrected chi connectivity index (χ1v) is 6.34. The Hall–Kier alpha value is -1.26. The Morgan fingerprint density at radius 2 is 1.94 bits per heavy atom. The molecule has 0 saturated carbocycles. The van der Waals surface area contributed by atoms with Gasteiger partial charge in [0.2, 0.25) is 0 Å². The van der Waals surface area contributed by atoms with Crippen molar-refractivity contribution in [2.75, 3.05) is 19.6 Å². The summed E-state index contributed by atoms with van der Waals surface area (Å²) in [6.07, 6.45) is 3.92. The van der Waals surface area contributed by atoms with Crippen LogP contribution in [0.1, 0.15) is 39.0 Å². The van der Waals surface area contributed by atoms with Crippen LogP contribution in [0, 0.1) is 5.92 Å². The summed E-state index contributed by atoms with van der Waals surface area (Å²) in [5.41, 5.74) is 0. The lowest BCUT2D eigenvalue weighted by atomic mass is 10.0. The van der Waals surface area contributed by atoms with Crippen LogP contribution in [0.4, 0.5) is 4.79 Å². The molecule has 1 heterocycles. The molecule has 0 aliphatic carbocycles. The van der Waals surface area contributed by atoms with Gasteiger partial charge in [-0.2, -0.15) is 0 Å². The largest absolute Gasteiger partial charge is 0.481 e. The molecule has 17 heavy (non-hydrogen) atoms. The summed E-state index contributed by atoms with van der Waals surface area (Å²) in [6, 6.07) is 0.0212. The molecule has 0 radical (unpaired) electrons. The molecule has 0 bridgehead atoms. The van der Waals surface area contributed by atoms with E-state index < -0.39 is 5.97 Å². The monoisotopic (exact) mass is 242 g/mol. The molecular weight excluding hydrogens is 220 g/mol. The van der Waals surface area contributed by atoms with E-state index in [0.717, 1.165) is 32.4 Å². The zero-order chi connectivity index (χ0) is 12.7. The number of hydrogen-bond donors (Lipinski definition) is 2. The Bertz CT molecular complexity index is 262. The number of nitrogens with one attached hydrogen (secondary N) is 1. The molecule has 5 heteroatoms. The average molecular weight is 242 g/mol. The molecule has 1 saturated heterocycles. The van der Waals surface area contributed by atoms with Crippen LogP contribution in [0.25, 0.3) is 0 Å². The fourth-order valence-electron chi connectivity index (χ4n) is 1.97. The van der Waals surface area contributed by atoms with Crippen LogP contribution in [0.5, 0.6) is 0 Å². The van der Waals surface area contributed by atoms with E-state index in [1.165, 1.54) is 0 Å². The fraction of sp³-hybridized carbons (Fsp3) is 0.833. The molecule has 1 atom stereocenters. The smallest absolute Gasteiger partial charge is 0.317 e. The molecule has 0 aromatic heterocycles. The Kier molecular flexibility index (Phi) is 5.80. The third-order valence-electron chi connectivity index (χ3n) is 3.16. The Morgan fingerprint density at radius 3 is 2.53 bits per heavy atom. The summed E-state index contributed by atoms with van der Waals surface area (Å²) in [7, 11) is 0. The molecule has 2 amide bonds. The van der Waals surface area contributed by atoms with E-state index in [0.29, 0.717) is 18.9 Å². The first kappa shape index (κ1) is 13.8. The molecule has 0 spiro atoms. The number of carboxylic acid groups (broad SMARTS) is 1. The maximum Gasteiger partial charge on any atom is 0.317 e. The SMILES string of the molecule is CC(CCNC(=O)N1CCCC1)CCC(=O)O. The van der Waals surface area contributed by atoms with Crippen LogP contribution >= 0.6 is 0 Å². The minimum absolute atomic E-state index is 0.0212. The van der Waals surface area contributed by atoms with Crippen molar-refractivity contribution in [3.8, 4) is 0 Å². The van der Waals surface area contributed by atoms with Crippen LogP contribution in [-0.4, -0.2) is 41.6 Å². The molecule has 0 aromatic rings. The molecule has 2 N–H and O–H groups in total. The number of likely N-dealkylation sites (tertiary alicyclic amines) is 1. The van der Waals surface area contributed by atoms with E-state index in [4.69, 9.17) is 5.11 Å². The Morgan fingerprint density at radius 1 is 1.29 bits per heavy atom. The normalized spacial score (nSPS) is 16.9. The number of carbonyl (C=O) groups is 2. The lowest BCUT2D eigenvalue weighted by molar-refractivity contribution is -0.137. The molecule has 1 unspecified atom stereocenters. The van der Waals surface area contributed by atoms with Crippen molar-refractivity contribution in [2.45, 2.75) is 39.0 Å². The lowest BCUT2D eigenvalue weighted by Crippen LogP contribution is -2.38. The Balaban J connectivity index is 2.06. The maximum atomic E-state index is 11.6. The van der Waals surface area contributed by atoms with Gasteiger partial charge in [-0.3, -0.25) is 4.79 Å². The topological polar surface area (TPSA) is 69.6 Å². The van der Waals surface area contributed by atoms with Crippen molar-refractivity contribution < 1.29 is 14.7 Å². The summed E-state index contributed by atoms with van der Waals surface area (Å²) in [5.74, 6) is -0.414. The quantitative estimate of drug-likeness (QED) is 0.744. The summed E-state index contributed by atoms with van der Waals surface area (Å²) < 4.78 is 0. The number of rotatable bonds is 6. The zero-order valence-corrected chi connectivity index (χ0v) is 10.4. The first-order chi connectivity index (χ1) is 8.09. The molecule has 0 aromatic carbocycles. The van der Waals surface area contributed by atoms with Crippen LogP contribution < -0.4 is 5.32 Å². The van der Waals surface area contributed by atoms with Gasteiger partial charge in [0, 0.05) is 26.1 Å². The van der Waals surface area contributed by atoms with Gasteiger partial charge in [-0.1, -0.05) is 6.92 Å². The lowest BCUT2D eigenvalue weighted by Gasteiger charge is -2.17. The van der Waals surface area contributed by atoms with Gasteiger partial charge in [-0.25, -0.2) is 4.79 Å². The van der Waals surface area contributed by atoms with E-state index in [-0.39, 0.29) is 12.5 Å². The predicted molar refractivity (Wildman–Crippen MR) is 64.9 cm³/mol. The number of amides is 2. The van der Waals surface area contributed by atoms with E-state index in [1.807, 2.05) is 11.8 Å². The number of aliphatic carboxylic acids is 1. The highest BCUT2D eigenvalue weighted by molar-refractivity contribution is 5.74. The van der Waals surface area contributed by atoms with Gasteiger partial charge < -0.3 is 15.3 Å². The maximum absolute atomic E-state index is 11.6. The van der Waals surface area contributed by atoms with Crippen LogP contribution in [0.2, 0.25) is 0 Å². The Labute approximate surface area is 102 Å². The molecule has 1 aliphatic rings. The van der Waals surface area contributed by atoms with Crippen LogP contribution in [-0.2, 0) is 4.79 Å². The third kappa shape index (κ3) is 5.56. The van der Waals surface area contributed by atoms with Gasteiger partial charge in [0.05, 0.1) is 0 Å². The molecule has 1 rings (SSSR count). The van der Waals surface area contributed by atoms with Crippen molar-refractivity contribution in [3.63, 3.8) is 0 Å². The standard InChI is InChI=1S/C12H22N2O3/c1-10(4-5-11(15)16)6-7-13-12(17)14-8-2-3-9-14/h10H,2-9H2,1H3,(H,13,17)(H,15,16). The fourth-order valence-corrected chi connectivity index (χ4v) is 1.97. The van der Waals surface area contributed by atoms with Gasteiger partial charge in [0.1, 0.15) is 0 Å². The van der Waals surface area contributed by atoms with E-state index in [2.05, 4.69) is 5.32 Å². The second-order valence-electron chi connectivity index (χ2n) is 4.75. The number of nitrogens with zero attached hydrogens (tertiary/aromatic N) is 1. The van der Waals surface area contributed by atoms with Crippen LogP contribution in [0.15, 0.2) is 0 Å². The highest BCUT2D eigenvalue weighted by Gasteiger charge is 2.17. The molecule has 98 valence electrons. The number of carboxylic acids is 1. The van der Waals surface area contributed by atoms with Crippen molar-refractivity contribution in [1.82, 2.24) is 10.2 Å². The van der Waals surface area contributed by atoms with E-state index in [1.54, 1.807) is 0 Å². The highest BCUT2D eigenvalue weighted by Crippen LogP contribution is 2.10. The van der Waals surface area contributed by atoms with E-state index in [9.17, 15) is 9.59 Å². The van der Waals surface area contributed by atoms with Crippen molar-refractivity contribution >= 4 is 12.0 Å². The van der Waals surface area contributed by atoms with E-state index >= 15 is 0 Å². The molecule has 5 nitrogen and oxygen atoms in total. The van der Waals surface area contributed by atoms with Gasteiger partial charge in [-0.15, -0.1) is 0 Å². The number of carbonyl (C=O) groups excluding carboxylic acids is 1. The number of urea groups is 1. The number of hydrogen-bond acceptors (Lipinski definition) is 2. The van der Waals surface area contributed by atoms with Crippen molar-refractivity contribution in [2.24, 2.45) is 5.92 Å². The first-order valence-electron chi connectivity index (χ1n) is 6.34. The minimum Gasteiger partial charge on any atom is -0.481 e. The average Bonchev–Trinajstić information content (AvgIpc) is 2.79. The van der Waals surface area contributed by atoms with Gasteiger partial charge in [0.15, 0.2) is 0 Å². The van der Waals surface area contributed by atoms with Gasteiger partial charge >= 0.3 is 12.0 Å². The summed E-state index contributed by atoms with van der Waals surface area (Å²) in [6.45, 7) is 4.38. The van der Waals surface area contributed by atoms with Crippen molar-refractivity contribution in [3.05, 3.63) is 0 Å². The summed E-state index contributed by atoms with van der Waals surface area (Å²) in [4.78, 5) is 23.8. The summed E-state index contributed by atoms with van der Waals surface area (Å²) in [5, 5.41) is 11.4. The second-order valence-corrected chi connectivity index (χ2v) is 4.75. The zero-order valence-electron chi connectivity index (χ0n) is 10.4. The molecule has 1 aliphatic heterocycles. The highest BCUT2D eigenvalue weighted by atomic mass is 16.4. The predicted octanol–water partition coefficient (Wildman–Crippen LogP) is 1.68. The molecule has 1 fully saturated rings. The van der Waals surface area contributed by atoms with Gasteiger partial charge in [-0.05, 0) is 31.6 Å². The molecular formula is C12H22N2O3. The summed E-state index contributed by atoms with van der Waals surface area (Å²) >= 11 is 0. The van der Waals surface area contributed by atoms with Crippen molar-refractivity contribution in [1.29, 1.82) is 0 Å². The van der Waals surface area contributed by atoms with Gasteiger partial charge in [0.25, 0.3) is 0 Å². The van der Waals surface area contributed by atoms with Crippen LogP contribution in [0.3, 0.4) is 0 Å².